The molecule has 6 heteroatoms. The maximum atomic E-state index is 11.8. The number of hydrogen-bond donors (Lipinski definition) is 3. The van der Waals surface area contributed by atoms with E-state index in [2.05, 4.69) is 20.9 Å². The molecular weight excluding hydrogens is 343 g/mol. The number of guanidine groups is 1. The van der Waals surface area contributed by atoms with Gasteiger partial charge in [0.2, 0.25) is 5.91 Å². The molecule has 0 aliphatic rings. The minimum absolute atomic E-state index is 0. The van der Waals surface area contributed by atoms with E-state index in [1.54, 1.807) is 7.05 Å². The maximum absolute atomic E-state index is 11.8. The van der Waals surface area contributed by atoms with Crippen molar-refractivity contribution in [3.63, 3.8) is 0 Å². The summed E-state index contributed by atoms with van der Waals surface area (Å²) in [6.07, 6.45) is 0. The second-order valence-corrected chi connectivity index (χ2v) is 4.97. The van der Waals surface area contributed by atoms with E-state index in [0.29, 0.717) is 19.1 Å². The van der Waals surface area contributed by atoms with Crippen molar-refractivity contribution in [2.24, 2.45) is 10.4 Å². The Morgan fingerprint density at radius 1 is 1.28 bits per heavy atom. The Balaban J connectivity index is 0. The highest BCUT2D eigenvalue weighted by molar-refractivity contribution is 14.0. The molecular formula is C12H27IN4O. The fraction of sp³-hybridized carbons (Fsp3) is 0.833. The molecule has 0 bridgehead atoms. The highest BCUT2D eigenvalue weighted by Gasteiger charge is 2.27. The summed E-state index contributed by atoms with van der Waals surface area (Å²) in [6, 6.07) is 0.314. The number of halogens is 1. The molecule has 0 aliphatic carbocycles. The van der Waals surface area contributed by atoms with E-state index >= 15 is 0 Å². The van der Waals surface area contributed by atoms with Gasteiger partial charge in [0, 0.05) is 26.2 Å². The molecule has 0 aromatic carbocycles. The van der Waals surface area contributed by atoms with Crippen LogP contribution in [0.4, 0.5) is 0 Å². The molecule has 0 radical (unpaired) electrons. The molecule has 1 amide bonds. The van der Waals surface area contributed by atoms with Gasteiger partial charge in [0.05, 0.1) is 5.41 Å². The predicted octanol–water partition coefficient (Wildman–Crippen LogP) is 1.34. The van der Waals surface area contributed by atoms with Gasteiger partial charge in [-0.2, -0.15) is 0 Å². The molecule has 0 aliphatic heterocycles. The van der Waals surface area contributed by atoms with Crippen LogP contribution in [0.25, 0.3) is 0 Å². The van der Waals surface area contributed by atoms with Gasteiger partial charge in [0.15, 0.2) is 5.96 Å². The van der Waals surface area contributed by atoms with Crippen molar-refractivity contribution in [3.8, 4) is 0 Å². The molecule has 0 rings (SSSR count). The Kier molecular flexibility index (Phi) is 10.3. The van der Waals surface area contributed by atoms with Crippen LogP contribution in [0.15, 0.2) is 4.99 Å². The van der Waals surface area contributed by atoms with Crippen molar-refractivity contribution in [1.29, 1.82) is 0 Å². The highest BCUT2D eigenvalue weighted by Crippen LogP contribution is 2.13. The second kappa shape index (κ2) is 9.41. The maximum Gasteiger partial charge on any atom is 0.227 e. The van der Waals surface area contributed by atoms with Gasteiger partial charge in [0.1, 0.15) is 0 Å². The van der Waals surface area contributed by atoms with Crippen LogP contribution in [0.2, 0.25) is 0 Å². The summed E-state index contributed by atoms with van der Waals surface area (Å²) < 4.78 is 0. The minimum Gasteiger partial charge on any atom is -0.356 e. The summed E-state index contributed by atoms with van der Waals surface area (Å²) in [7, 11) is 1.72. The van der Waals surface area contributed by atoms with Crippen LogP contribution in [0, 0.1) is 5.41 Å². The van der Waals surface area contributed by atoms with Crippen LogP contribution in [-0.4, -0.2) is 38.0 Å². The lowest BCUT2D eigenvalue weighted by Crippen LogP contribution is -2.49. The van der Waals surface area contributed by atoms with Crippen molar-refractivity contribution >= 4 is 35.8 Å². The van der Waals surface area contributed by atoms with Crippen LogP contribution in [-0.2, 0) is 4.79 Å². The Morgan fingerprint density at radius 3 is 2.22 bits per heavy atom. The van der Waals surface area contributed by atoms with Crippen LogP contribution in [0.5, 0.6) is 0 Å². The van der Waals surface area contributed by atoms with Gasteiger partial charge in [0.25, 0.3) is 0 Å². The molecule has 0 aromatic heterocycles. The molecule has 0 fully saturated rings. The zero-order valence-corrected chi connectivity index (χ0v) is 14.6. The fourth-order valence-electron chi connectivity index (χ4n) is 1.25. The van der Waals surface area contributed by atoms with Gasteiger partial charge >= 0.3 is 0 Å². The summed E-state index contributed by atoms with van der Waals surface area (Å²) in [5.74, 6) is 0.768. The first-order chi connectivity index (χ1) is 7.83. The topological polar surface area (TPSA) is 65.5 Å². The van der Waals surface area contributed by atoms with Gasteiger partial charge in [-0.1, -0.05) is 0 Å². The third-order valence-corrected chi connectivity index (χ3v) is 2.30. The highest BCUT2D eigenvalue weighted by atomic mass is 127. The van der Waals surface area contributed by atoms with Gasteiger partial charge in [-0.05, 0) is 34.6 Å². The molecule has 0 aromatic rings. The number of hydrogen-bond acceptors (Lipinski definition) is 2. The van der Waals surface area contributed by atoms with Crippen molar-refractivity contribution in [1.82, 2.24) is 16.0 Å². The molecule has 3 N–H and O–H groups in total. The van der Waals surface area contributed by atoms with E-state index in [0.717, 1.165) is 5.96 Å². The quantitative estimate of drug-likeness (QED) is 0.389. The predicted molar refractivity (Wildman–Crippen MR) is 87.5 cm³/mol. The Morgan fingerprint density at radius 2 is 1.83 bits per heavy atom. The number of nitrogens with one attached hydrogen (secondary N) is 3. The minimum atomic E-state index is -0.454. The normalized spacial score (nSPS) is 11.8. The van der Waals surface area contributed by atoms with Crippen molar-refractivity contribution in [2.75, 3.05) is 20.1 Å². The first-order valence-corrected chi connectivity index (χ1v) is 6.09. The summed E-state index contributed by atoms with van der Waals surface area (Å²) in [5.41, 5.74) is -0.454. The first-order valence-electron chi connectivity index (χ1n) is 6.09. The van der Waals surface area contributed by atoms with Gasteiger partial charge < -0.3 is 16.0 Å². The fourth-order valence-corrected chi connectivity index (χ4v) is 1.25. The number of amides is 1. The molecule has 5 nitrogen and oxygen atoms in total. The summed E-state index contributed by atoms with van der Waals surface area (Å²) in [5, 5.41) is 9.17. The van der Waals surface area contributed by atoms with Gasteiger partial charge in [-0.15, -0.1) is 24.0 Å². The average molecular weight is 370 g/mol. The number of aliphatic imine (C=N–C) groups is 1. The van der Waals surface area contributed by atoms with Crippen molar-refractivity contribution < 1.29 is 4.79 Å². The van der Waals surface area contributed by atoms with Crippen LogP contribution in [0.3, 0.4) is 0 Å². The second-order valence-electron chi connectivity index (χ2n) is 4.97. The molecule has 18 heavy (non-hydrogen) atoms. The lowest BCUT2D eigenvalue weighted by molar-refractivity contribution is -0.128. The van der Waals surface area contributed by atoms with E-state index in [9.17, 15) is 4.79 Å². The Hall–Kier alpha value is -0.530. The van der Waals surface area contributed by atoms with Crippen LogP contribution < -0.4 is 16.0 Å². The number of carbonyl (C=O) groups is 1. The van der Waals surface area contributed by atoms with Crippen LogP contribution in [0.1, 0.15) is 34.6 Å². The lowest BCUT2D eigenvalue weighted by atomic mass is 9.92. The third-order valence-electron chi connectivity index (χ3n) is 2.30. The lowest BCUT2D eigenvalue weighted by Gasteiger charge is -2.25. The number of nitrogens with zero attached hydrogens (tertiary/aromatic N) is 1. The van der Waals surface area contributed by atoms with Crippen molar-refractivity contribution in [2.45, 2.75) is 40.7 Å². The largest absolute Gasteiger partial charge is 0.356 e. The van der Waals surface area contributed by atoms with Gasteiger partial charge in [-0.3, -0.25) is 9.79 Å². The zero-order chi connectivity index (χ0) is 13.5. The SMILES string of the molecule is CCNC(=O)C(C)(C)CNC(=NC)NC(C)C.I. The molecule has 0 atom stereocenters. The van der Waals surface area contributed by atoms with Gasteiger partial charge in [-0.25, -0.2) is 0 Å². The number of carbonyl (C=O) groups excluding carboxylic acids is 1. The first kappa shape index (κ1) is 19.8. The van der Waals surface area contributed by atoms with Crippen LogP contribution >= 0.6 is 24.0 Å². The van der Waals surface area contributed by atoms with E-state index in [1.165, 1.54) is 0 Å². The monoisotopic (exact) mass is 370 g/mol. The van der Waals surface area contributed by atoms with E-state index < -0.39 is 5.41 Å². The standard InChI is InChI=1S/C12H26N4O.HI/c1-7-14-10(17)12(4,5)8-15-11(13-6)16-9(2)3;/h9H,7-8H2,1-6H3,(H,14,17)(H2,13,15,16);1H. The smallest absolute Gasteiger partial charge is 0.227 e. The average Bonchev–Trinajstić information content (AvgIpc) is 2.24. The summed E-state index contributed by atoms with van der Waals surface area (Å²) in [6.45, 7) is 11.0. The molecule has 0 heterocycles. The zero-order valence-electron chi connectivity index (χ0n) is 12.3. The molecule has 0 spiro atoms. The molecule has 0 unspecified atom stereocenters. The van der Waals surface area contributed by atoms with E-state index in [1.807, 2.05) is 34.6 Å². The van der Waals surface area contributed by atoms with E-state index in [4.69, 9.17) is 0 Å². The third kappa shape index (κ3) is 7.73. The van der Waals surface area contributed by atoms with E-state index in [-0.39, 0.29) is 29.9 Å². The summed E-state index contributed by atoms with van der Waals surface area (Å²) >= 11 is 0. The number of rotatable bonds is 5. The Bertz CT molecular complexity index is 277. The Labute approximate surface area is 128 Å². The molecule has 108 valence electrons. The molecule has 0 saturated carbocycles. The van der Waals surface area contributed by atoms with Crippen molar-refractivity contribution in [3.05, 3.63) is 0 Å². The summed E-state index contributed by atoms with van der Waals surface area (Å²) in [4.78, 5) is 15.9. The molecule has 0 saturated heterocycles.